The molecule has 2 atom stereocenters. The molecule has 0 fully saturated rings. The van der Waals surface area contributed by atoms with E-state index in [2.05, 4.69) is 16.4 Å². The number of hydrogen-bond donors (Lipinski definition) is 3. The molecule has 5 N–H and O–H groups in total. The summed E-state index contributed by atoms with van der Waals surface area (Å²) in [4.78, 5) is 33.8. The minimum absolute atomic E-state index is 0.0234. The predicted octanol–water partition coefficient (Wildman–Crippen LogP) is -1.88. The second kappa shape index (κ2) is 6.67. The summed E-state index contributed by atoms with van der Waals surface area (Å²) in [6.45, 7) is 3.17. The number of carboxylic acids is 1. The number of aromatic carboxylic acids is 1. The summed E-state index contributed by atoms with van der Waals surface area (Å²) < 4.78 is 0. The van der Waals surface area contributed by atoms with Gasteiger partial charge in [-0.2, -0.15) is 0 Å². The zero-order valence-electron chi connectivity index (χ0n) is 11.3. The second-order valence-corrected chi connectivity index (χ2v) is 4.49. The molecule has 0 aliphatic rings. The van der Waals surface area contributed by atoms with E-state index in [0.717, 1.165) is 0 Å². The standard InChI is InChI=1S/C13H17N3O4/c1-7(14)11(17)15-8(2)12(18)16-10-5-3-9(4-6-10)13(19)20/h3-8H,14H2,1-2H3,(H,15,17)(H,16,18)(H,19,20)/t7-,8-/m0/s1. The number of anilines is 1. The number of benzene rings is 1. The molecule has 20 heavy (non-hydrogen) atoms. The number of carbonyl (C=O) groups is 3. The molecule has 0 aliphatic heterocycles. The minimum Gasteiger partial charge on any atom is -0.545 e. The fourth-order valence-corrected chi connectivity index (χ4v) is 1.36. The van der Waals surface area contributed by atoms with Crippen LogP contribution in [0.3, 0.4) is 0 Å². The lowest BCUT2D eigenvalue weighted by molar-refractivity contribution is -0.398. The lowest BCUT2D eigenvalue weighted by atomic mass is 10.2. The summed E-state index contributed by atoms with van der Waals surface area (Å²) in [6, 6.07) is 4.38. The third-order valence-corrected chi connectivity index (χ3v) is 2.59. The molecule has 0 radical (unpaired) electrons. The fraction of sp³-hybridized carbons (Fsp3) is 0.308. The highest BCUT2D eigenvalue weighted by Gasteiger charge is 2.19. The first-order valence-electron chi connectivity index (χ1n) is 6.07. The molecule has 2 amide bonds. The van der Waals surface area contributed by atoms with Gasteiger partial charge in [-0.05, 0) is 31.5 Å². The van der Waals surface area contributed by atoms with Gasteiger partial charge in [0.2, 0.25) is 5.91 Å². The number of nitrogens with one attached hydrogen (secondary N) is 2. The molecule has 0 saturated heterocycles. The van der Waals surface area contributed by atoms with Gasteiger partial charge in [-0.1, -0.05) is 12.1 Å². The Balaban J connectivity index is 2.61. The van der Waals surface area contributed by atoms with Crippen molar-refractivity contribution in [3.8, 4) is 0 Å². The van der Waals surface area contributed by atoms with Crippen LogP contribution in [0.15, 0.2) is 24.3 Å². The molecule has 0 heterocycles. The zero-order chi connectivity index (χ0) is 15.3. The highest BCUT2D eigenvalue weighted by molar-refractivity contribution is 5.97. The van der Waals surface area contributed by atoms with Crippen LogP contribution in [0.5, 0.6) is 0 Å². The summed E-state index contributed by atoms with van der Waals surface area (Å²) >= 11 is 0. The summed E-state index contributed by atoms with van der Waals surface area (Å²) in [5.74, 6) is -2.01. The van der Waals surface area contributed by atoms with Crippen molar-refractivity contribution in [1.29, 1.82) is 0 Å². The van der Waals surface area contributed by atoms with Crippen LogP contribution < -0.4 is 21.5 Å². The van der Waals surface area contributed by atoms with E-state index in [1.807, 2.05) is 0 Å². The van der Waals surface area contributed by atoms with Gasteiger partial charge in [-0.3, -0.25) is 9.59 Å². The van der Waals surface area contributed by atoms with E-state index in [0.29, 0.717) is 5.69 Å². The van der Waals surface area contributed by atoms with Crippen molar-refractivity contribution in [2.24, 2.45) is 0 Å². The first-order chi connectivity index (χ1) is 9.31. The smallest absolute Gasteiger partial charge is 0.278 e. The molecule has 1 aromatic rings. The van der Waals surface area contributed by atoms with E-state index in [4.69, 9.17) is 0 Å². The average molecular weight is 279 g/mol. The lowest BCUT2D eigenvalue weighted by Crippen LogP contribution is -2.67. The van der Waals surface area contributed by atoms with Gasteiger partial charge in [-0.15, -0.1) is 0 Å². The minimum atomic E-state index is -1.28. The highest BCUT2D eigenvalue weighted by Crippen LogP contribution is 2.09. The second-order valence-electron chi connectivity index (χ2n) is 4.49. The van der Waals surface area contributed by atoms with Crippen molar-refractivity contribution < 1.29 is 25.2 Å². The molecule has 0 spiro atoms. The number of quaternary nitrogens is 1. The van der Waals surface area contributed by atoms with Gasteiger partial charge in [0, 0.05) is 5.69 Å². The molecule has 108 valence electrons. The first-order valence-corrected chi connectivity index (χ1v) is 6.07. The Morgan fingerprint density at radius 3 is 2.10 bits per heavy atom. The maximum Gasteiger partial charge on any atom is 0.278 e. The van der Waals surface area contributed by atoms with E-state index < -0.39 is 24.0 Å². The highest BCUT2D eigenvalue weighted by atomic mass is 16.4. The summed E-state index contributed by atoms with van der Waals surface area (Å²) in [6.07, 6.45) is 0. The molecule has 0 bridgehead atoms. The van der Waals surface area contributed by atoms with Crippen LogP contribution in [0.2, 0.25) is 0 Å². The summed E-state index contributed by atoms with van der Waals surface area (Å²) in [5.41, 5.74) is 4.01. The Kier molecular flexibility index (Phi) is 5.22. The maximum absolute atomic E-state index is 11.8. The van der Waals surface area contributed by atoms with E-state index in [1.165, 1.54) is 24.3 Å². The number of carbonyl (C=O) groups excluding carboxylic acids is 3. The summed E-state index contributed by atoms with van der Waals surface area (Å²) in [5, 5.41) is 15.7. The van der Waals surface area contributed by atoms with Crippen molar-refractivity contribution in [3.05, 3.63) is 29.8 Å². The normalized spacial score (nSPS) is 13.2. The maximum atomic E-state index is 11.8. The number of hydrogen-bond acceptors (Lipinski definition) is 4. The van der Waals surface area contributed by atoms with Gasteiger partial charge < -0.3 is 26.3 Å². The van der Waals surface area contributed by atoms with Gasteiger partial charge in [-0.25, -0.2) is 0 Å². The van der Waals surface area contributed by atoms with Crippen molar-refractivity contribution in [1.82, 2.24) is 5.32 Å². The van der Waals surface area contributed by atoms with Crippen molar-refractivity contribution in [2.75, 3.05) is 5.32 Å². The van der Waals surface area contributed by atoms with E-state index >= 15 is 0 Å². The Morgan fingerprint density at radius 2 is 1.65 bits per heavy atom. The molecule has 0 aromatic heterocycles. The first kappa shape index (κ1) is 15.6. The monoisotopic (exact) mass is 279 g/mol. The molecule has 7 nitrogen and oxygen atoms in total. The molecule has 7 heteroatoms. The van der Waals surface area contributed by atoms with Crippen LogP contribution in [0.4, 0.5) is 5.69 Å². The van der Waals surface area contributed by atoms with E-state index in [9.17, 15) is 19.5 Å². The molecule has 0 unspecified atom stereocenters. The van der Waals surface area contributed by atoms with Crippen LogP contribution in [-0.2, 0) is 9.59 Å². The average Bonchev–Trinajstić information content (AvgIpc) is 2.38. The Labute approximate surface area is 116 Å². The SMILES string of the molecule is C[C@H]([NH3+])C(=O)N[C@@H](C)C(=O)Nc1ccc(C(=O)[O-])cc1. The van der Waals surface area contributed by atoms with Crippen LogP contribution in [0.1, 0.15) is 24.2 Å². The number of rotatable bonds is 5. The van der Waals surface area contributed by atoms with E-state index in [-0.39, 0.29) is 11.5 Å². The molecular formula is C13H17N3O4. The quantitative estimate of drug-likeness (QED) is 0.583. The Hall–Kier alpha value is -2.41. The van der Waals surface area contributed by atoms with Crippen LogP contribution >= 0.6 is 0 Å². The largest absolute Gasteiger partial charge is 0.545 e. The lowest BCUT2D eigenvalue weighted by Gasteiger charge is -2.14. The summed E-state index contributed by atoms with van der Waals surface area (Å²) in [7, 11) is 0. The Bertz CT molecular complexity index is 511. The Morgan fingerprint density at radius 1 is 1.10 bits per heavy atom. The predicted molar refractivity (Wildman–Crippen MR) is 69.4 cm³/mol. The van der Waals surface area contributed by atoms with Gasteiger partial charge in [0.05, 0.1) is 5.97 Å². The van der Waals surface area contributed by atoms with Crippen molar-refractivity contribution >= 4 is 23.5 Å². The number of amides is 2. The van der Waals surface area contributed by atoms with Gasteiger partial charge >= 0.3 is 0 Å². The fourth-order valence-electron chi connectivity index (χ4n) is 1.36. The van der Waals surface area contributed by atoms with Gasteiger partial charge in [0.15, 0.2) is 6.04 Å². The van der Waals surface area contributed by atoms with Crippen LogP contribution in [0.25, 0.3) is 0 Å². The molecule has 0 aliphatic carbocycles. The third-order valence-electron chi connectivity index (χ3n) is 2.59. The zero-order valence-corrected chi connectivity index (χ0v) is 11.3. The molecular weight excluding hydrogens is 262 g/mol. The van der Waals surface area contributed by atoms with Crippen molar-refractivity contribution in [2.45, 2.75) is 25.9 Å². The molecule has 1 rings (SSSR count). The third kappa shape index (κ3) is 4.36. The van der Waals surface area contributed by atoms with Gasteiger partial charge in [0.25, 0.3) is 5.91 Å². The van der Waals surface area contributed by atoms with E-state index in [1.54, 1.807) is 13.8 Å². The van der Waals surface area contributed by atoms with Crippen molar-refractivity contribution in [3.63, 3.8) is 0 Å². The van der Waals surface area contributed by atoms with Gasteiger partial charge in [0.1, 0.15) is 6.04 Å². The topological polar surface area (TPSA) is 126 Å². The van der Waals surface area contributed by atoms with Crippen LogP contribution in [0, 0.1) is 0 Å². The number of carboxylic acid groups (broad SMARTS) is 1. The molecule has 0 saturated carbocycles. The van der Waals surface area contributed by atoms with Crippen LogP contribution in [-0.4, -0.2) is 29.9 Å². The molecule has 1 aromatic carbocycles.